The topological polar surface area (TPSA) is 37.8 Å². The van der Waals surface area contributed by atoms with Crippen molar-refractivity contribution >= 4 is 21.7 Å². The molecule has 0 aliphatic rings. The van der Waals surface area contributed by atoms with E-state index in [2.05, 4.69) is 31.2 Å². The fraction of sp³-hybridized carbons (Fsp3) is 0.333. The molecule has 0 amide bonds. The van der Waals surface area contributed by atoms with E-state index in [1.807, 2.05) is 20.8 Å². The number of nitrogens with zero attached hydrogens (tertiary/aromatic N) is 2. The Bertz CT molecular complexity index is 660. The van der Waals surface area contributed by atoms with Crippen LogP contribution in [0.4, 0.5) is 14.6 Å². The third-order valence-electron chi connectivity index (χ3n) is 2.92. The standard InChI is InChI=1S/C15H16BrF2N3/c1-4-19-12-7-11(20-15(21-12)8(2)3)13-10(17)6-5-9(16)14(13)18/h5-8H,4H2,1-3H3,(H,19,20,21). The van der Waals surface area contributed by atoms with Gasteiger partial charge < -0.3 is 5.32 Å². The van der Waals surface area contributed by atoms with E-state index in [-0.39, 0.29) is 21.6 Å². The minimum Gasteiger partial charge on any atom is -0.370 e. The Kier molecular flexibility index (Phi) is 4.88. The van der Waals surface area contributed by atoms with Crippen molar-refractivity contribution in [1.29, 1.82) is 0 Å². The number of hydrogen-bond donors (Lipinski definition) is 1. The summed E-state index contributed by atoms with van der Waals surface area (Å²) in [4.78, 5) is 8.65. The fourth-order valence-corrected chi connectivity index (χ4v) is 2.22. The summed E-state index contributed by atoms with van der Waals surface area (Å²) >= 11 is 3.07. The lowest BCUT2D eigenvalue weighted by Crippen LogP contribution is -2.07. The number of halogens is 3. The highest BCUT2D eigenvalue weighted by molar-refractivity contribution is 9.10. The third kappa shape index (κ3) is 3.37. The molecule has 6 heteroatoms. The first kappa shape index (κ1) is 15.8. The molecule has 21 heavy (non-hydrogen) atoms. The van der Waals surface area contributed by atoms with Crippen molar-refractivity contribution < 1.29 is 8.78 Å². The van der Waals surface area contributed by atoms with Crippen LogP contribution in [0.2, 0.25) is 0 Å². The van der Waals surface area contributed by atoms with Gasteiger partial charge in [0.15, 0.2) is 0 Å². The molecule has 112 valence electrons. The van der Waals surface area contributed by atoms with Crippen LogP contribution in [-0.2, 0) is 0 Å². The highest BCUT2D eigenvalue weighted by Gasteiger charge is 2.18. The van der Waals surface area contributed by atoms with E-state index in [0.29, 0.717) is 18.2 Å². The maximum absolute atomic E-state index is 14.2. The smallest absolute Gasteiger partial charge is 0.149 e. The van der Waals surface area contributed by atoms with Crippen molar-refractivity contribution in [2.75, 3.05) is 11.9 Å². The molecule has 1 aromatic carbocycles. The van der Waals surface area contributed by atoms with Crippen LogP contribution in [0.3, 0.4) is 0 Å². The quantitative estimate of drug-likeness (QED) is 0.805. The van der Waals surface area contributed by atoms with Crippen molar-refractivity contribution in [1.82, 2.24) is 9.97 Å². The van der Waals surface area contributed by atoms with Crippen LogP contribution < -0.4 is 5.32 Å². The Hall–Kier alpha value is -1.56. The molecular weight excluding hydrogens is 340 g/mol. The van der Waals surface area contributed by atoms with E-state index < -0.39 is 11.6 Å². The molecule has 0 radical (unpaired) electrons. The van der Waals surface area contributed by atoms with Crippen LogP contribution in [0.1, 0.15) is 32.5 Å². The summed E-state index contributed by atoms with van der Waals surface area (Å²) in [5, 5.41) is 3.06. The molecule has 0 bridgehead atoms. The molecule has 1 N–H and O–H groups in total. The van der Waals surface area contributed by atoms with Gasteiger partial charge in [-0.2, -0.15) is 0 Å². The molecule has 0 saturated carbocycles. The number of nitrogens with one attached hydrogen (secondary N) is 1. The predicted octanol–water partition coefficient (Wildman–Crippen LogP) is 4.74. The monoisotopic (exact) mass is 355 g/mol. The normalized spacial score (nSPS) is 11.0. The second-order valence-electron chi connectivity index (χ2n) is 4.90. The zero-order valence-corrected chi connectivity index (χ0v) is 13.6. The second kappa shape index (κ2) is 6.47. The van der Waals surface area contributed by atoms with Gasteiger partial charge in [-0.3, -0.25) is 0 Å². The lowest BCUT2D eigenvalue weighted by atomic mass is 10.1. The molecule has 1 heterocycles. The summed E-state index contributed by atoms with van der Waals surface area (Å²) in [6.07, 6.45) is 0. The molecule has 1 aromatic heterocycles. The van der Waals surface area contributed by atoms with Crippen molar-refractivity contribution in [3.8, 4) is 11.3 Å². The van der Waals surface area contributed by atoms with E-state index >= 15 is 0 Å². The van der Waals surface area contributed by atoms with Crippen LogP contribution in [-0.4, -0.2) is 16.5 Å². The van der Waals surface area contributed by atoms with Gasteiger partial charge in [0.1, 0.15) is 23.3 Å². The summed E-state index contributed by atoms with van der Waals surface area (Å²) < 4.78 is 28.5. The van der Waals surface area contributed by atoms with Gasteiger partial charge in [-0.15, -0.1) is 0 Å². The number of aromatic nitrogens is 2. The van der Waals surface area contributed by atoms with Gasteiger partial charge in [-0.1, -0.05) is 13.8 Å². The van der Waals surface area contributed by atoms with E-state index in [1.54, 1.807) is 6.07 Å². The molecule has 2 aromatic rings. The van der Waals surface area contributed by atoms with E-state index in [0.717, 1.165) is 0 Å². The first-order chi connectivity index (χ1) is 9.93. The molecule has 0 spiro atoms. The van der Waals surface area contributed by atoms with Gasteiger partial charge in [0.05, 0.1) is 15.7 Å². The lowest BCUT2D eigenvalue weighted by Gasteiger charge is -2.12. The van der Waals surface area contributed by atoms with Crippen LogP contribution >= 0.6 is 15.9 Å². The highest BCUT2D eigenvalue weighted by atomic mass is 79.9. The molecule has 0 atom stereocenters. The number of anilines is 1. The Labute approximate surface area is 131 Å². The number of rotatable bonds is 4. The average Bonchev–Trinajstić information content (AvgIpc) is 2.43. The average molecular weight is 356 g/mol. The van der Waals surface area contributed by atoms with Crippen molar-refractivity contribution in [3.63, 3.8) is 0 Å². The Balaban J connectivity index is 2.65. The molecule has 2 rings (SSSR count). The number of benzene rings is 1. The molecule has 3 nitrogen and oxygen atoms in total. The van der Waals surface area contributed by atoms with Gasteiger partial charge in [-0.25, -0.2) is 18.7 Å². The number of hydrogen-bond acceptors (Lipinski definition) is 3. The van der Waals surface area contributed by atoms with E-state index in [4.69, 9.17) is 0 Å². The third-order valence-corrected chi connectivity index (χ3v) is 3.53. The van der Waals surface area contributed by atoms with Crippen molar-refractivity contribution in [2.24, 2.45) is 0 Å². The van der Waals surface area contributed by atoms with Gasteiger partial charge in [0, 0.05) is 18.5 Å². The fourth-order valence-electron chi connectivity index (χ4n) is 1.89. The first-order valence-corrected chi connectivity index (χ1v) is 7.50. The summed E-state index contributed by atoms with van der Waals surface area (Å²) in [5.74, 6) is -0.148. The molecular formula is C15H16BrF2N3. The van der Waals surface area contributed by atoms with Crippen LogP contribution in [0.25, 0.3) is 11.3 Å². The zero-order valence-electron chi connectivity index (χ0n) is 12.0. The zero-order chi connectivity index (χ0) is 15.6. The van der Waals surface area contributed by atoms with Crippen molar-refractivity contribution in [3.05, 3.63) is 40.1 Å². The highest BCUT2D eigenvalue weighted by Crippen LogP contribution is 2.31. The molecule has 0 saturated heterocycles. The predicted molar refractivity (Wildman–Crippen MR) is 83.3 cm³/mol. The molecule has 0 unspecified atom stereocenters. The minimum absolute atomic E-state index is 0.0561. The maximum Gasteiger partial charge on any atom is 0.149 e. The van der Waals surface area contributed by atoms with Crippen LogP contribution in [0.5, 0.6) is 0 Å². The SMILES string of the molecule is CCNc1cc(-c2c(F)ccc(Br)c2F)nc(C(C)C)n1. The summed E-state index contributed by atoms with van der Waals surface area (Å²) in [7, 11) is 0. The lowest BCUT2D eigenvalue weighted by molar-refractivity contribution is 0.584. The second-order valence-corrected chi connectivity index (χ2v) is 5.75. The van der Waals surface area contributed by atoms with Gasteiger partial charge in [0.25, 0.3) is 0 Å². The summed E-state index contributed by atoms with van der Waals surface area (Å²) in [6.45, 7) is 6.46. The van der Waals surface area contributed by atoms with Gasteiger partial charge in [-0.05, 0) is 35.0 Å². The van der Waals surface area contributed by atoms with Crippen molar-refractivity contribution in [2.45, 2.75) is 26.7 Å². The molecule has 0 aliphatic carbocycles. The van der Waals surface area contributed by atoms with Crippen LogP contribution in [0.15, 0.2) is 22.7 Å². The van der Waals surface area contributed by atoms with Gasteiger partial charge in [0.2, 0.25) is 0 Å². The van der Waals surface area contributed by atoms with E-state index in [9.17, 15) is 8.78 Å². The Morgan fingerprint density at radius 1 is 1.24 bits per heavy atom. The van der Waals surface area contributed by atoms with E-state index in [1.165, 1.54) is 12.1 Å². The summed E-state index contributed by atoms with van der Waals surface area (Å²) in [6, 6.07) is 4.11. The maximum atomic E-state index is 14.2. The largest absolute Gasteiger partial charge is 0.370 e. The summed E-state index contributed by atoms with van der Waals surface area (Å²) in [5.41, 5.74) is 0.0915. The Morgan fingerprint density at radius 2 is 1.95 bits per heavy atom. The van der Waals surface area contributed by atoms with Gasteiger partial charge >= 0.3 is 0 Å². The first-order valence-electron chi connectivity index (χ1n) is 6.70. The minimum atomic E-state index is -0.661. The molecule has 0 fully saturated rings. The van der Waals surface area contributed by atoms with Crippen LogP contribution in [0, 0.1) is 11.6 Å². The molecule has 0 aliphatic heterocycles. The Morgan fingerprint density at radius 3 is 2.57 bits per heavy atom.